The second-order valence-corrected chi connectivity index (χ2v) is 6.07. The number of rotatable bonds is 2. The first-order chi connectivity index (χ1) is 11.6. The van der Waals surface area contributed by atoms with Gasteiger partial charge in [-0.05, 0) is 37.5 Å². The average molecular weight is 328 g/mol. The van der Waals surface area contributed by atoms with Gasteiger partial charge in [-0.15, -0.1) is 10.2 Å². The second kappa shape index (κ2) is 5.41. The van der Waals surface area contributed by atoms with E-state index in [0.29, 0.717) is 29.0 Å². The molecule has 1 atom stereocenters. The lowest BCUT2D eigenvalue weighted by Gasteiger charge is -2.20. The van der Waals surface area contributed by atoms with Gasteiger partial charge in [0.1, 0.15) is 5.82 Å². The normalized spacial score (nSPS) is 18.3. The van der Waals surface area contributed by atoms with Crippen molar-refractivity contribution >= 4 is 22.6 Å². The van der Waals surface area contributed by atoms with Crippen molar-refractivity contribution in [3.63, 3.8) is 0 Å². The molecular formula is C16H16N4O4. The minimum atomic E-state index is -1.03. The van der Waals surface area contributed by atoms with Gasteiger partial charge in [-0.25, -0.2) is 4.79 Å². The number of aromatic amines is 1. The standard InChI is InChI=1S/C16H16N4O4/c1-8-5-12-11(6-10(8)16(22)23)17-15(21)14-19-18-13(20(12)14)9-3-2-4-24-7-9/h5-6,9H,2-4,7H2,1H3,(H,17,21)(H,22,23). The molecule has 4 rings (SSSR count). The molecule has 24 heavy (non-hydrogen) atoms. The molecule has 8 nitrogen and oxygen atoms in total. The molecule has 8 heteroatoms. The van der Waals surface area contributed by atoms with Crippen LogP contribution in [0.4, 0.5) is 0 Å². The number of nitrogens with one attached hydrogen (secondary N) is 1. The zero-order valence-electron chi connectivity index (χ0n) is 13.1. The Morgan fingerprint density at radius 1 is 1.42 bits per heavy atom. The number of aromatic carboxylic acids is 1. The Balaban J connectivity index is 2.04. The number of fused-ring (bicyclic) bond motifs is 3. The quantitative estimate of drug-likeness (QED) is 0.737. The number of hydrogen-bond acceptors (Lipinski definition) is 5. The molecule has 0 amide bonds. The predicted octanol–water partition coefficient (Wildman–Crippen LogP) is 1.47. The highest BCUT2D eigenvalue weighted by Crippen LogP contribution is 2.26. The maximum absolute atomic E-state index is 12.3. The molecule has 2 N–H and O–H groups in total. The van der Waals surface area contributed by atoms with Gasteiger partial charge < -0.3 is 14.8 Å². The Hall–Kier alpha value is -2.74. The van der Waals surface area contributed by atoms with Crippen LogP contribution in [0.15, 0.2) is 16.9 Å². The number of ether oxygens (including phenoxy) is 1. The van der Waals surface area contributed by atoms with Crippen LogP contribution in [-0.2, 0) is 4.74 Å². The molecule has 1 unspecified atom stereocenters. The predicted molar refractivity (Wildman–Crippen MR) is 85.6 cm³/mol. The maximum Gasteiger partial charge on any atom is 0.336 e. The van der Waals surface area contributed by atoms with Gasteiger partial charge >= 0.3 is 5.97 Å². The largest absolute Gasteiger partial charge is 0.478 e. The summed E-state index contributed by atoms with van der Waals surface area (Å²) in [5.74, 6) is -0.276. The summed E-state index contributed by atoms with van der Waals surface area (Å²) in [6.07, 6.45) is 1.85. The summed E-state index contributed by atoms with van der Waals surface area (Å²) in [4.78, 5) is 26.3. The Morgan fingerprint density at radius 2 is 2.25 bits per heavy atom. The lowest BCUT2D eigenvalue weighted by Crippen LogP contribution is -2.19. The Morgan fingerprint density at radius 3 is 2.96 bits per heavy atom. The highest BCUT2D eigenvalue weighted by atomic mass is 16.5. The second-order valence-electron chi connectivity index (χ2n) is 6.07. The SMILES string of the molecule is Cc1cc2c(cc1C(=O)O)[nH]c(=O)c1nnc(C3CCCOC3)n12. The van der Waals surface area contributed by atoms with E-state index in [1.54, 1.807) is 17.4 Å². The van der Waals surface area contributed by atoms with Crippen LogP contribution < -0.4 is 5.56 Å². The van der Waals surface area contributed by atoms with Crippen molar-refractivity contribution in [3.8, 4) is 0 Å². The number of H-pyrrole nitrogens is 1. The van der Waals surface area contributed by atoms with Crippen LogP contribution in [0.5, 0.6) is 0 Å². The molecule has 1 saturated heterocycles. The molecule has 1 aliphatic heterocycles. The van der Waals surface area contributed by atoms with Crippen molar-refractivity contribution in [3.05, 3.63) is 39.4 Å². The van der Waals surface area contributed by atoms with E-state index in [0.717, 1.165) is 19.4 Å². The third-order valence-electron chi connectivity index (χ3n) is 4.48. The summed E-state index contributed by atoms with van der Waals surface area (Å²) in [5.41, 5.74) is 1.74. The molecule has 0 bridgehead atoms. The number of aryl methyl sites for hydroxylation is 1. The first-order valence-electron chi connectivity index (χ1n) is 7.79. The van der Waals surface area contributed by atoms with Crippen molar-refractivity contribution in [1.82, 2.24) is 19.6 Å². The van der Waals surface area contributed by atoms with Crippen LogP contribution in [0.2, 0.25) is 0 Å². The Kier molecular flexibility index (Phi) is 3.34. The molecular weight excluding hydrogens is 312 g/mol. The summed E-state index contributed by atoms with van der Waals surface area (Å²) >= 11 is 0. The third kappa shape index (κ3) is 2.18. The number of nitrogens with zero attached hydrogens (tertiary/aromatic N) is 3. The number of carbonyl (C=O) groups is 1. The van der Waals surface area contributed by atoms with Gasteiger partial charge in [0.25, 0.3) is 5.56 Å². The van der Waals surface area contributed by atoms with Crippen molar-refractivity contribution in [2.24, 2.45) is 0 Å². The number of carboxylic acid groups (broad SMARTS) is 1. The summed E-state index contributed by atoms with van der Waals surface area (Å²) < 4.78 is 7.25. The van der Waals surface area contributed by atoms with Gasteiger partial charge in [-0.3, -0.25) is 9.20 Å². The van der Waals surface area contributed by atoms with Gasteiger partial charge in [-0.2, -0.15) is 0 Å². The fourth-order valence-corrected chi connectivity index (χ4v) is 3.28. The highest BCUT2D eigenvalue weighted by Gasteiger charge is 2.24. The number of benzene rings is 1. The monoisotopic (exact) mass is 328 g/mol. The van der Waals surface area contributed by atoms with Crippen molar-refractivity contribution < 1.29 is 14.6 Å². The molecule has 3 heterocycles. The molecule has 2 aromatic heterocycles. The van der Waals surface area contributed by atoms with Gasteiger partial charge in [0.05, 0.1) is 23.2 Å². The Bertz CT molecular complexity index is 1010. The van der Waals surface area contributed by atoms with Crippen LogP contribution in [-0.4, -0.2) is 43.9 Å². The van der Waals surface area contributed by atoms with E-state index in [2.05, 4.69) is 15.2 Å². The van der Waals surface area contributed by atoms with Gasteiger partial charge in [-0.1, -0.05) is 0 Å². The molecule has 0 aliphatic carbocycles. The lowest BCUT2D eigenvalue weighted by atomic mass is 10.0. The highest BCUT2D eigenvalue weighted by molar-refractivity contribution is 5.94. The molecule has 124 valence electrons. The molecule has 1 aromatic carbocycles. The van der Waals surface area contributed by atoms with E-state index in [4.69, 9.17) is 4.74 Å². The molecule has 0 saturated carbocycles. The topological polar surface area (TPSA) is 110 Å². The van der Waals surface area contributed by atoms with Crippen molar-refractivity contribution in [2.45, 2.75) is 25.7 Å². The van der Waals surface area contributed by atoms with Crippen LogP contribution in [0.1, 0.15) is 40.5 Å². The van der Waals surface area contributed by atoms with Gasteiger partial charge in [0, 0.05) is 12.5 Å². The van der Waals surface area contributed by atoms with Crippen molar-refractivity contribution in [2.75, 3.05) is 13.2 Å². The summed E-state index contributed by atoms with van der Waals surface area (Å²) in [7, 11) is 0. The molecule has 1 fully saturated rings. The van der Waals surface area contributed by atoms with E-state index in [1.807, 2.05) is 0 Å². The number of hydrogen-bond donors (Lipinski definition) is 2. The minimum absolute atomic E-state index is 0.0678. The molecule has 3 aromatic rings. The fraction of sp³-hybridized carbons (Fsp3) is 0.375. The van der Waals surface area contributed by atoms with Crippen LogP contribution in [0, 0.1) is 6.92 Å². The third-order valence-corrected chi connectivity index (χ3v) is 4.48. The van der Waals surface area contributed by atoms with Crippen LogP contribution in [0.25, 0.3) is 16.7 Å². The summed E-state index contributed by atoms with van der Waals surface area (Å²) in [5, 5.41) is 17.5. The first kappa shape index (κ1) is 14.8. The average Bonchev–Trinajstić information content (AvgIpc) is 3.02. The van der Waals surface area contributed by atoms with Gasteiger partial charge in [0.2, 0.25) is 5.65 Å². The summed E-state index contributed by atoms with van der Waals surface area (Å²) in [6.45, 7) is 3.00. The van der Waals surface area contributed by atoms with Crippen LogP contribution >= 0.6 is 0 Å². The van der Waals surface area contributed by atoms with Crippen LogP contribution in [0.3, 0.4) is 0 Å². The van der Waals surface area contributed by atoms with E-state index in [1.165, 1.54) is 6.07 Å². The smallest absolute Gasteiger partial charge is 0.336 e. The molecule has 0 radical (unpaired) electrons. The van der Waals surface area contributed by atoms with E-state index in [9.17, 15) is 14.7 Å². The minimum Gasteiger partial charge on any atom is -0.478 e. The molecule has 1 aliphatic rings. The van der Waals surface area contributed by atoms with Crippen molar-refractivity contribution in [1.29, 1.82) is 0 Å². The zero-order valence-corrected chi connectivity index (χ0v) is 13.1. The molecule has 0 spiro atoms. The Labute approximate surface area is 136 Å². The van der Waals surface area contributed by atoms with Gasteiger partial charge in [0.15, 0.2) is 0 Å². The van der Waals surface area contributed by atoms with E-state index in [-0.39, 0.29) is 17.1 Å². The maximum atomic E-state index is 12.3. The van der Waals surface area contributed by atoms with E-state index >= 15 is 0 Å². The number of aromatic nitrogens is 4. The fourth-order valence-electron chi connectivity index (χ4n) is 3.28. The summed E-state index contributed by atoms with van der Waals surface area (Å²) in [6, 6.07) is 3.23. The first-order valence-corrected chi connectivity index (χ1v) is 7.79. The zero-order chi connectivity index (χ0) is 16.8. The lowest BCUT2D eigenvalue weighted by molar-refractivity contribution is 0.0696. The van der Waals surface area contributed by atoms with E-state index < -0.39 is 11.5 Å². The number of carboxylic acids is 1.